The van der Waals surface area contributed by atoms with Gasteiger partial charge in [-0.15, -0.1) is 0 Å². The zero-order valence-electron chi connectivity index (χ0n) is 9.60. The maximum Gasteiger partial charge on any atom is 0.234 e. The minimum Gasteiger partial charge on any atom is -0.393 e. The van der Waals surface area contributed by atoms with Crippen LogP contribution in [0.4, 0.5) is 5.69 Å². The molecule has 1 aromatic rings. The molecule has 88 valence electrons. The molecular weight excluding hydrogens is 224 g/mol. The van der Waals surface area contributed by atoms with Gasteiger partial charge in [-0.3, -0.25) is 9.48 Å². The summed E-state index contributed by atoms with van der Waals surface area (Å²) in [6, 6.07) is 0. The number of carbonyl (C=O) groups excluding carboxylic acids is 1. The second-order valence-corrected chi connectivity index (χ2v) is 4.49. The number of nitrogens with zero attached hydrogens (tertiary/aromatic N) is 2. The molecule has 0 radical (unpaired) electrons. The molecule has 0 spiro atoms. The van der Waals surface area contributed by atoms with Crippen LogP contribution in [0.2, 0.25) is 0 Å². The van der Waals surface area contributed by atoms with Gasteiger partial charge in [0.15, 0.2) is 0 Å². The molecule has 0 aliphatic carbocycles. The highest BCUT2D eigenvalue weighted by molar-refractivity contribution is 7.80. The number of aryl methyl sites for hydroxylation is 1. The average Bonchev–Trinajstić information content (AvgIpc) is 2.49. The van der Waals surface area contributed by atoms with E-state index < -0.39 is 5.92 Å². The predicted molar refractivity (Wildman–Crippen MR) is 67.0 cm³/mol. The molecule has 0 aromatic carbocycles. The van der Waals surface area contributed by atoms with Gasteiger partial charge >= 0.3 is 0 Å². The normalized spacial score (nSPS) is 12.5. The number of thiocarbonyl (C=S) groups is 1. The van der Waals surface area contributed by atoms with Crippen molar-refractivity contribution in [1.82, 2.24) is 9.78 Å². The minimum absolute atomic E-state index is 0.0779. The van der Waals surface area contributed by atoms with Gasteiger partial charge in [0.1, 0.15) is 0 Å². The van der Waals surface area contributed by atoms with Gasteiger partial charge < -0.3 is 11.1 Å². The number of nitrogens with one attached hydrogen (secondary N) is 1. The van der Waals surface area contributed by atoms with E-state index in [2.05, 4.69) is 10.4 Å². The second-order valence-electron chi connectivity index (χ2n) is 4.02. The average molecular weight is 240 g/mol. The van der Waals surface area contributed by atoms with Gasteiger partial charge in [0.05, 0.1) is 22.8 Å². The number of nitrogens with two attached hydrogens (primary N) is 1. The second kappa shape index (κ2) is 5.07. The summed E-state index contributed by atoms with van der Waals surface area (Å²) in [6.07, 6.45) is 3.30. The summed E-state index contributed by atoms with van der Waals surface area (Å²) >= 11 is 4.89. The Labute approximate surface area is 100 Å². The van der Waals surface area contributed by atoms with Crippen molar-refractivity contribution in [3.63, 3.8) is 0 Å². The van der Waals surface area contributed by atoms with Crippen molar-refractivity contribution in [2.45, 2.75) is 13.8 Å². The lowest BCUT2D eigenvalue weighted by atomic mass is 9.95. The molecule has 16 heavy (non-hydrogen) atoms. The van der Waals surface area contributed by atoms with E-state index in [9.17, 15) is 4.79 Å². The zero-order valence-corrected chi connectivity index (χ0v) is 10.4. The largest absolute Gasteiger partial charge is 0.393 e. The van der Waals surface area contributed by atoms with Crippen LogP contribution < -0.4 is 11.1 Å². The number of hydrogen-bond donors (Lipinski definition) is 2. The van der Waals surface area contributed by atoms with Crippen LogP contribution in [-0.2, 0) is 11.8 Å². The van der Waals surface area contributed by atoms with Crippen LogP contribution in [0.1, 0.15) is 13.8 Å². The third kappa shape index (κ3) is 3.03. The highest BCUT2D eigenvalue weighted by Crippen LogP contribution is 2.14. The molecule has 0 saturated heterocycles. The predicted octanol–water partition coefficient (Wildman–Crippen LogP) is 0.917. The number of aromatic nitrogens is 2. The van der Waals surface area contributed by atoms with E-state index >= 15 is 0 Å². The Morgan fingerprint density at radius 2 is 2.25 bits per heavy atom. The van der Waals surface area contributed by atoms with Crippen molar-refractivity contribution in [2.24, 2.45) is 24.6 Å². The van der Waals surface area contributed by atoms with E-state index in [4.69, 9.17) is 18.0 Å². The van der Waals surface area contributed by atoms with Gasteiger partial charge in [-0.2, -0.15) is 5.10 Å². The molecule has 0 fully saturated rings. The van der Waals surface area contributed by atoms with E-state index in [0.29, 0.717) is 5.69 Å². The van der Waals surface area contributed by atoms with Crippen molar-refractivity contribution < 1.29 is 4.79 Å². The number of anilines is 1. The van der Waals surface area contributed by atoms with Crippen LogP contribution in [0.15, 0.2) is 12.4 Å². The van der Waals surface area contributed by atoms with Crippen LogP contribution >= 0.6 is 12.2 Å². The van der Waals surface area contributed by atoms with Crippen LogP contribution in [0.5, 0.6) is 0 Å². The fraction of sp³-hybridized carbons (Fsp3) is 0.500. The summed E-state index contributed by atoms with van der Waals surface area (Å²) in [5.41, 5.74) is 6.19. The van der Waals surface area contributed by atoms with E-state index in [-0.39, 0.29) is 16.8 Å². The first-order valence-electron chi connectivity index (χ1n) is 5.00. The van der Waals surface area contributed by atoms with Crippen LogP contribution in [0.25, 0.3) is 0 Å². The molecule has 0 aliphatic rings. The molecule has 1 atom stereocenters. The smallest absolute Gasteiger partial charge is 0.234 e. The highest BCUT2D eigenvalue weighted by Gasteiger charge is 2.25. The van der Waals surface area contributed by atoms with Crippen LogP contribution in [-0.4, -0.2) is 20.7 Å². The van der Waals surface area contributed by atoms with Crippen LogP contribution in [0, 0.1) is 11.8 Å². The fourth-order valence-corrected chi connectivity index (χ4v) is 1.85. The number of hydrogen-bond acceptors (Lipinski definition) is 3. The topological polar surface area (TPSA) is 72.9 Å². The summed E-state index contributed by atoms with van der Waals surface area (Å²) in [5.74, 6) is -0.556. The molecule has 5 nitrogen and oxygen atoms in total. The summed E-state index contributed by atoms with van der Waals surface area (Å²) in [7, 11) is 1.78. The fourth-order valence-electron chi connectivity index (χ4n) is 1.47. The first kappa shape index (κ1) is 12.6. The van der Waals surface area contributed by atoms with Gasteiger partial charge in [-0.25, -0.2) is 0 Å². The lowest BCUT2D eigenvalue weighted by Gasteiger charge is -2.18. The van der Waals surface area contributed by atoms with Crippen molar-refractivity contribution in [2.75, 3.05) is 5.32 Å². The summed E-state index contributed by atoms with van der Waals surface area (Å²) in [6.45, 7) is 3.82. The molecule has 0 bridgehead atoms. The summed E-state index contributed by atoms with van der Waals surface area (Å²) in [5, 5.41) is 6.69. The first-order valence-corrected chi connectivity index (χ1v) is 5.41. The highest BCUT2D eigenvalue weighted by atomic mass is 32.1. The Balaban J connectivity index is 2.73. The zero-order chi connectivity index (χ0) is 12.3. The van der Waals surface area contributed by atoms with E-state index in [1.165, 1.54) is 0 Å². The molecular formula is C10H16N4OS. The molecule has 6 heteroatoms. The number of rotatable bonds is 4. The molecule has 0 aliphatic heterocycles. The van der Waals surface area contributed by atoms with Gasteiger partial charge in [-0.1, -0.05) is 26.1 Å². The van der Waals surface area contributed by atoms with Gasteiger partial charge in [0.25, 0.3) is 0 Å². The molecule has 3 N–H and O–H groups in total. The monoisotopic (exact) mass is 240 g/mol. The minimum atomic E-state index is -0.449. The Morgan fingerprint density at radius 3 is 2.62 bits per heavy atom. The third-order valence-electron chi connectivity index (χ3n) is 2.23. The first-order chi connectivity index (χ1) is 7.41. The Bertz CT molecular complexity index is 399. The summed E-state index contributed by atoms with van der Waals surface area (Å²) in [4.78, 5) is 12.1. The molecule has 1 rings (SSSR count). The Hall–Kier alpha value is -1.43. The van der Waals surface area contributed by atoms with Gasteiger partial charge in [0, 0.05) is 13.2 Å². The third-order valence-corrected chi connectivity index (χ3v) is 2.48. The standard InChI is InChI=1S/C10H16N4OS/c1-6(2)8(9(11)16)10(15)13-7-4-12-14(3)5-7/h4-6,8H,1-3H3,(H2,11,16)(H,13,15). The molecule has 1 aromatic heterocycles. The van der Waals surface area contributed by atoms with Crippen molar-refractivity contribution in [1.29, 1.82) is 0 Å². The van der Waals surface area contributed by atoms with E-state index in [1.54, 1.807) is 24.1 Å². The quantitative estimate of drug-likeness (QED) is 0.767. The van der Waals surface area contributed by atoms with Crippen molar-refractivity contribution in [3.8, 4) is 0 Å². The maximum atomic E-state index is 11.9. The number of carbonyl (C=O) groups is 1. The SMILES string of the molecule is CC(C)C(C(=O)Nc1cnn(C)c1)C(N)=S. The van der Waals surface area contributed by atoms with Crippen LogP contribution in [0.3, 0.4) is 0 Å². The van der Waals surface area contributed by atoms with E-state index in [0.717, 1.165) is 0 Å². The van der Waals surface area contributed by atoms with Gasteiger partial charge in [-0.05, 0) is 5.92 Å². The van der Waals surface area contributed by atoms with Gasteiger partial charge in [0.2, 0.25) is 5.91 Å². The lowest BCUT2D eigenvalue weighted by Crippen LogP contribution is -2.36. The summed E-state index contributed by atoms with van der Waals surface area (Å²) < 4.78 is 1.61. The Morgan fingerprint density at radius 1 is 1.62 bits per heavy atom. The molecule has 1 unspecified atom stereocenters. The maximum absolute atomic E-state index is 11.9. The number of amides is 1. The lowest BCUT2D eigenvalue weighted by molar-refractivity contribution is -0.118. The Kier molecular flexibility index (Phi) is 4.00. The molecule has 1 heterocycles. The van der Waals surface area contributed by atoms with Crippen molar-refractivity contribution in [3.05, 3.63) is 12.4 Å². The van der Waals surface area contributed by atoms with Crippen molar-refractivity contribution >= 4 is 28.8 Å². The van der Waals surface area contributed by atoms with E-state index in [1.807, 2.05) is 13.8 Å². The molecule has 1 amide bonds. The molecule has 0 saturated carbocycles.